The molecular formula is C43H53IrN2O2S-. The third-order valence-corrected chi connectivity index (χ3v) is 10.2. The number of hydrogen-bond donors (Lipinski definition) is 1. The summed E-state index contributed by atoms with van der Waals surface area (Å²) in [5.74, 6) is 1.15. The molecule has 0 aliphatic carbocycles. The van der Waals surface area contributed by atoms with E-state index in [0.717, 1.165) is 60.0 Å². The standard InChI is InChI=1S/C30H29N2S.C13H24O2.Ir/c1-19(2)14-23-18-33-27-11-13-32-29(28(23)27)21-10-12-31-26(17-21)22-15-20-8-6-7-9-24(20)25(16-22)30(3,4)5;1-5-10(6-2)12(14)9-13(15)11(7-3)8-4;/h6-13,16-19H,14H2,1-5H3;9-11,14H,5-8H2,1-4H3;/q-1;;/b;12-9-;. The molecule has 0 saturated heterocycles. The molecule has 3 aromatic heterocycles. The molecule has 2 aromatic carbocycles. The van der Waals surface area contributed by atoms with Gasteiger partial charge in [-0.2, -0.15) is 0 Å². The minimum atomic E-state index is 0. The molecule has 1 radical (unpaired) electrons. The fourth-order valence-electron chi connectivity index (χ4n) is 6.35. The van der Waals surface area contributed by atoms with Gasteiger partial charge in [0.1, 0.15) is 0 Å². The van der Waals surface area contributed by atoms with Gasteiger partial charge in [0.25, 0.3) is 0 Å². The number of thiophene rings is 1. The molecule has 0 aliphatic heterocycles. The maximum absolute atomic E-state index is 11.7. The average Bonchev–Trinajstić information content (AvgIpc) is 3.47. The van der Waals surface area contributed by atoms with Crippen LogP contribution in [-0.2, 0) is 36.7 Å². The van der Waals surface area contributed by atoms with Gasteiger partial charge in [-0.25, -0.2) is 0 Å². The van der Waals surface area contributed by atoms with Gasteiger partial charge in [0.2, 0.25) is 0 Å². The number of fused-ring (bicyclic) bond motifs is 2. The largest absolute Gasteiger partial charge is 0.512 e. The van der Waals surface area contributed by atoms with Crippen LogP contribution in [0.3, 0.4) is 0 Å². The molecule has 5 aromatic rings. The fraction of sp³-hybridized carbons (Fsp3) is 0.419. The van der Waals surface area contributed by atoms with E-state index in [1.807, 2.05) is 51.4 Å². The summed E-state index contributed by atoms with van der Waals surface area (Å²) in [7, 11) is 0. The van der Waals surface area contributed by atoms with Crippen LogP contribution < -0.4 is 0 Å². The van der Waals surface area contributed by atoms with Crippen LogP contribution in [0.2, 0.25) is 0 Å². The second kappa shape index (κ2) is 18.2. The average molecular weight is 854 g/mol. The Kier molecular flexibility index (Phi) is 14.9. The summed E-state index contributed by atoms with van der Waals surface area (Å²) in [4.78, 5) is 21.3. The molecule has 0 fully saturated rings. The number of aliphatic hydroxyl groups is 1. The van der Waals surface area contributed by atoms with E-state index in [2.05, 4.69) is 94.6 Å². The molecule has 0 spiro atoms. The Bertz CT molecular complexity index is 1860. The van der Waals surface area contributed by atoms with Gasteiger partial charge in [-0.05, 0) is 72.1 Å². The number of aliphatic hydroxyl groups excluding tert-OH is 1. The second-order valence-electron chi connectivity index (χ2n) is 14.2. The van der Waals surface area contributed by atoms with Crippen LogP contribution in [0.1, 0.15) is 99.1 Å². The number of carbonyl (C=O) groups excluding carboxylic acids is 1. The summed E-state index contributed by atoms with van der Waals surface area (Å²) < 4.78 is 1.29. The summed E-state index contributed by atoms with van der Waals surface area (Å²) in [6, 6.07) is 20.8. The number of aromatic nitrogens is 2. The van der Waals surface area contributed by atoms with Gasteiger partial charge in [-0.15, -0.1) is 40.5 Å². The molecule has 0 saturated carbocycles. The summed E-state index contributed by atoms with van der Waals surface area (Å²) in [6.07, 6.45) is 9.79. The van der Waals surface area contributed by atoms with Crippen molar-refractivity contribution in [3.8, 4) is 22.5 Å². The van der Waals surface area contributed by atoms with Crippen molar-refractivity contribution in [2.45, 2.75) is 99.8 Å². The van der Waals surface area contributed by atoms with Crippen molar-refractivity contribution in [1.29, 1.82) is 0 Å². The summed E-state index contributed by atoms with van der Waals surface area (Å²) in [5, 5.41) is 15.7. The van der Waals surface area contributed by atoms with Gasteiger partial charge < -0.3 is 5.11 Å². The molecule has 5 rings (SSSR count). The Morgan fingerprint density at radius 2 is 1.57 bits per heavy atom. The van der Waals surface area contributed by atoms with Gasteiger partial charge in [-0.1, -0.05) is 97.5 Å². The van der Waals surface area contributed by atoms with Crippen LogP contribution in [0.25, 0.3) is 43.4 Å². The smallest absolute Gasteiger partial charge is 0.162 e. The van der Waals surface area contributed by atoms with Crippen molar-refractivity contribution in [3.63, 3.8) is 0 Å². The Morgan fingerprint density at radius 3 is 2.20 bits per heavy atom. The van der Waals surface area contributed by atoms with E-state index >= 15 is 0 Å². The number of ketones is 1. The number of nitrogens with zero attached hydrogens (tertiary/aromatic N) is 2. The minimum Gasteiger partial charge on any atom is -0.512 e. The first kappa shape index (κ1) is 40.3. The Labute approximate surface area is 311 Å². The summed E-state index contributed by atoms with van der Waals surface area (Å²) in [5.41, 5.74) is 6.84. The molecule has 49 heavy (non-hydrogen) atoms. The maximum Gasteiger partial charge on any atom is 0.162 e. The van der Waals surface area contributed by atoms with Gasteiger partial charge in [-0.3, -0.25) is 14.8 Å². The number of carbonyl (C=O) groups is 1. The van der Waals surface area contributed by atoms with E-state index in [0.29, 0.717) is 5.92 Å². The third kappa shape index (κ3) is 9.96. The van der Waals surface area contributed by atoms with E-state index < -0.39 is 0 Å². The zero-order valence-electron chi connectivity index (χ0n) is 30.7. The quantitative estimate of drug-likeness (QED) is 0.0817. The van der Waals surface area contributed by atoms with Gasteiger partial charge in [0.05, 0.1) is 11.5 Å². The van der Waals surface area contributed by atoms with Crippen molar-refractivity contribution in [2.24, 2.45) is 17.8 Å². The van der Waals surface area contributed by atoms with Gasteiger partial charge in [0.15, 0.2) is 5.78 Å². The number of benzene rings is 2. The van der Waals surface area contributed by atoms with Crippen LogP contribution in [0, 0.1) is 23.8 Å². The van der Waals surface area contributed by atoms with E-state index in [1.165, 1.54) is 32.7 Å². The molecule has 0 amide bonds. The van der Waals surface area contributed by atoms with E-state index in [-0.39, 0.29) is 48.9 Å². The summed E-state index contributed by atoms with van der Waals surface area (Å²) >= 11 is 1.81. The van der Waals surface area contributed by atoms with Crippen molar-refractivity contribution in [2.75, 3.05) is 0 Å². The molecule has 0 unspecified atom stereocenters. The van der Waals surface area contributed by atoms with Crippen molar-refractivity contribution < 1.29 is 30.0 Å². The number of rotatable bonds is 11. The van der Waals surface area contributed by atoms with E-state index in [1.54, 1.807) is 0 Å². The Morgan fingerprint density at radius 1 is 0.918 bits per heavy atom. The molecular weight excluding hydrogens is 801 g/mol. The second-order valence-corrected chi connectivity index (χ2v) is 15.1. The molecule has 6 heteroatoms. The van der Waals surface area contributed by atoms with Crippen LogP contribution in [-0.4, -0.2) is 20.9 Å². The van der Waals surface area contributed by atoms with E-state index in [9.17, 15) is 9.90 Å². The summed E-state index contributed by atoms with van der Waals surface area (Å²) in [6.45, 7) is 19.4. The maximum atomic E-state index is 11.7. The molecule has 0 bridgehead atoms. The van der Waals surface area contributed by atoms with Gasteiger partial charge in [0, 0.05) is 66.2 Å². The van der Waals surface area contributed by atoms with Crippen LogP contribution in [0.4, 0.5) is 0 Å². The van der Waals surface area contributed by atoms with Crippen molar-refractivity contribution in [3.05, 3.63) is 95.3 Å². The van der Waals surface area contributed by atoms with Crippen LogP contribution in [0.15, 0.2) is 78.1 Å². The number of pyridine rings is 2. The Balaban J connectivity index is 0.000000347. The van der Waals surface area contributed by atoms with Crippen molar-refractivity contribution in [1.82, 2.24) is 9.97 Å². The van der Waals surface area contributed by atoms with Crippen LogP contribution >= 0.6 is 11.3 Å². The molecule has 0 atom stereocenters. The fourth-order valence-corrected chi connectivity index (χ4v) is 7.32. The van der Waals surface area contributed by atoms with Gasteiger partial charge >= 0.3 is 0 Å². The predicted octanol–water partition coefficient (Wildman–Crippen LogP) is 12.3. The zero-order valence-corrected chi connectivity index (χ0v) is 33.9. The monoisotopic (exact) mass is 854 g/mol. The predicted molar refractivity (Wildman–Crippen MR) is 206 cm³/mol. The third-order valence-electron chi connectivity index (χ3n) is 9.16. The molecule has 3 heterocycles. The first-order chi connectivity index (χ1) is 22.9. The zero-order chi connectivity index (χ0) is 35.0. The molecule has 0 aliphatic rings. The van der Waals surface area contributed by atoms with E-state index in [4.69, 9.17) is 9.97 Å². The first-order valence-electron chi connectivity index (χ1n) is 17.6. The first-order valence-corrected chi connectivity index (χ1v) is 18.5. The molecule has 1 N–H and O–H groups in total. The minimum absolute atomic E-state index is 0. The SMILES string of the molecule is CC(C)Cc1csc2ccnc(-c3ccnc(-c4[c-]c5ccccc5c(C(C)(C)C)c4)c3)c12.CCC(CC)C(=O)/C=C(\O)C(CC)CC.[Ir]. The van der Waals surface area contributed by atoms with Crippen molar-refractivity contribution >= 4 is 38.0 Å². The Hall–Kier alpha value is -3.18. The van der Waals surface area contributed by atoms with Crippen LogP contribution in [0.5, 0.6) is 0 Å². The molecule has 263 valence electrons. The topological polar surface area (TPSA) is 63.1 Å². The normalized spacial score (nSPS) is 12.0. The number of hydrogen-bond acceptors (Lipinski definition) is 5. The number of allylic oxidation sites excluding steroid dienone is 2. The molecule has 4 nitrogen and oxygen atoms in total.